The van der Waals surface area contributed by atoms with Gasteiger partial charge in [0.25, 0.3) is 0 Å². The van der Waals surface area contributed by atoms with E-state index in [0.29, 0.717) is 11.4 Å². The molecule has 0 saturated heterocycles. The van der Waals surface area contributed by atoms with Gasteiger partial charge >= 0.3 is 0 Å². The summed E-state index contributed by atoms with van der Waals surface area (Å²) >= 11 is 3.58. The second-order valence-corrected chi connectivity index (χ2v) is 8.90. The molecule has 0 aliphatic heterocycles. The third-order valence-electron chi connectivity index (χ3n) is 3.82. The monoisotopic (exact) mass is 437 g/mol. The van der Waals surface area contributed by atoms with Gasteiger partial charge in [-0.2, -0.15) is 0 Å². The minimum atomic E-state index is -3.17. The van der Waals surface area contributed by atoms with Crippen LogP contribution in [0.3, 0.4) is 0 Å². The van der Waals surface area contributed by atoms with E-state index in [1.54, 1.807) is 24.3 Å². The number of nitrogens with zero attached hydrogens (tertiary/aromatic N) is 2. The summed E-state index contributed by atoms with van der Waals surface area (Å²) in [6, 6.07) is 15.0. The molecule has 0 atom stereocenters. The molecule has 0 unspecified atom stereocenters. The van der Waals surface area contributed by atoms with Crippen molar-refractivity contribution < 1.29 is 8.42 Å². The molecule has 26 heavy (non-hydrogen) atoms. The van der Waals surface area contributed by atoms with E-state index >= 15 is 0 Å². The summed E-state index contributed by atoms with van der Waals surface area (Å²) < 4.78 is 24.1. The summed E-state index contributed by atoms with van der Waals surface area (Å²) in [5.74, 6) is 0.801. The number of halogens is 1. The van der Waals surface area contributed by atoms with Crippen LogP contribution < -0.4 is 5.32 Å². The molecule has 0 heterocycles. The first-order valence-electron chi connectivity index (χ1n) is 8.33. The Labute approximate surface area is 164 Å². The lowest BCUT2D eigenvalue weighted by Gasteiger charge is -2.22. The SMILES string of the molecule is CCNC(=NCc1ccc(S(C)(=O)=O)cc1)N(C)Cc1ccccc1Br. The first-order chi connectivity index (χ1) is 12.3. The lowest BCUT2D eigenvalue weighted by molar-refractivity contribution is 0.476. The smallest absolute Gasteiger partial charge is 0.194 e. The van der Waals surface area contributed by atoms with Gasteiger partial charge in [0.05, 0.1) is 11.4 Å². The highest BCUT2D eigenvalue weighted by Crippen LogP contribution is 2.17. The number of hydrogen-bond donors (Lipinski definition) is 1. The van der Waals surface area contributed by atoms with Crippen LogP contribution in [-0.2, 0) is 22.9 Å². The molecule has 0 fully saturated rings. The van der Waals surface area contributed by atoms with Crippen LogP contribution in [0, 0.1) is 0 Å². The maximum atomic E-state index is 11.5. The Morgan fingerprint density at radius 3 is 2.38 bits per heavy atom. The second-order valence-electron chi connectivity index (χ2n) is 6.03. The van der Waals surface area contributed by atoms with E-state index in [2.05, 4.69) is 37.2 Å². The number of nitrogens with one attached hydrogen (secondary N) is 1. The predicted octanol–water partition coefficient (Wildman–Crippen LogP) is 3.45. The standard InChI is InChI=1S/C19H24BrN3O2S/c1-4-21-19(23(2)14-16-7-5-6-8-18(16)20)22-13-15-9-11-17(12-10-15)26(3,24)25/h5-12H,4,13-14H2,1-3H3,(H,21,22). The number of guanidine groups is 1. The Bertz CT molecular complexity index is 865. The average Bonchev–Trinajstić information content (AvgIpc) is 2.60. The number of rotatable bonds is 6. The molecule has 0 spiro atoms. The summed E-state index contributed by atoms with van der Waals surface area (Å²) in [7, 11) is -1.18. The molecular formula is C19H24BrN3O2S. The van der Waals surface area contributed by atoms with Crippen LogP contribution in [0.2, 0.25) is 0 Å². The van der Waals surface area contributed by atoms with Crippen molar-refractivity contribution in [2.24, 2.45) is 4.99 Å². The molecule has 0 aliphatic carbocycles. The van der Waals surface area contributed by atoms with Gasteiger partial charge < -0.3 is 10.2 Å². The number of hydrogen-bond acceptors (Lipinski definition) is 3. The van der Waals surface area contributed by atoms with E-state index < -0.39 is 9.84 Å². The van der Waals surface area contributed by atoms with E-state index in [9.17, 15) is 8.42 Å². The minimum Gasteiger partial charge on any atom is -0.357 e. The molecule has 5 nitrogen and oxygen atoms in total. The highest BCUT2D eigenvalue weighted by atomic mass is 79.9. The van der Waals surface area contributed by atoms with Crippen LogP contribution in [0.15, 0.2) is 62.9 Å². The zero-order chi connectivity index (χ0) is 19.2. The normalized spacial score (nSPS) is 12.1. The fraction of sp³-hybridized carbons (Fsp3) is 0.316. The molecule has 7 heteroatoms. The van der Waals surface area contributed by atoms with Crippen LogP contribution in [0.5, 0.6) is 0 Å². The highest BCUT2D eigenvalue weighted by Gasteiger charge is 2.09. The maximum Gasteiger partial charge on any atom is 0.194 e. The Balaban J connectivity index is 2.11. The summed E-state index contributed by atoms with van der Waals surface area (Å²) in [6.45, 7) is 4.00. The number of aliphatic imine (C=N–C) groups is 1. The quantitative estimate of drug-likeness (QED) is 0.555. The Morgan fingerprint density at radius 2 is 1.81 bits per heavy atom. The molecule has 0 saturated carbocycles. The lowest BCUT2D eigenvalue weighted by Crippen LogP contribution is -2.38. The van der Waals surface area contributed by atoms with Crippen molar-refractivity contribution in [2.75, 3.05) is 19.8 Å². The zero-order valence-corrected chi connectivity index (χ0v) is 17.6. The molecule has 2 aromatic carbocycles. The minimum absolute atomic E-state index is 0.322. The van der Waals surface area contributed by atoms with Gasteiger partial charge in [0.1, 0.15) is 0 Å². The Hall–Kier alpha value is -1.86. The largest absolute Gasteiger partial charge is 0.357 e. The number of benzene rings is 2. The van der Waals surface area contributed by atoms with E-state index in [1.165, 1.54) is 11.8 Å². The fourth-order valence-electron chi connectivity index (χ4n) is 2.43. The van der Waals surface area contributed by atoms with Crippen molar-refractivity contribution >= 4 is 31.7 Å². The molecular weight excluding hydrogens is 414 g/mol. The van der Waals surface area contributed by atoms with Crippen LogP contribution in [0.25, 0.3) is 0 Å². The topological polar surface area (TPSA) is 61.8 Å². The van der Waals surface area contributed by atoms with Gasteiger partial charge in [-0.25, -0.2) is 13.4 Å². The average molecular weight is 438 g/mol. The molecule has 0 amide bonds. The van der Waals surface area contributed by atoms with Gasteiger partial charge in [0.15, 0.2) is 15.8 Å². The van der Waals surface area contributed by atoms with Crippen LogP contribution >= 0.6 is 15.9 Å². The summed E-state index contributed by atoms with van der Waals surface area (Å²) in [5.41, 5.74) is 2.14. The fourth-order valence-corrected chi connectivity index (χ4v) is 3.48. The summed E-state index contributed by atoms with van der Waals surface area (Å²) in [6.07, 6.45) is 1.21. The van der Waals surface area contributed by atoms with Gasteiger partial charge in [-0.3, -0.25) is 0 Å². The van der Waals surface area contributed by atoms with Crippen molar-refractivity contribution in [3.63, 3.8) is 0 Å². The molecule has 140 valence electrons. The van der Waals surface area contributed by atoms with Crippen molar-refractivity contribution in [1.82, 2.24) is 10.2 Å². The zero-order valence-electron chi connectivity index (χ0n) is 15.2. The van der Waals surface area contributed by atoms with Crippen LogP contribution in [-0.4, -0.2) is 39.1 Å². The number of sulfone groups is 1. The third-order valence-corrected chi connectivity index (χ3v) is 5.73. The van der Waals surface area contributed by atoms with E-state index in [-0.39, 0.29) is 0 Å². The highest BCUT2D eigenvalue weighted by molar-refractivity contribution is 9.10. The Kier molecular flexibility index (Phi) is 7.23. The molecule has 2 rings (SSSR count). The molecule has 2 aromatic rings. The second kappa shape index (κ2) is 9.19. The van der Waals surface area contributed by atoms with E-state index in [0.717, 1.165) is 29.1 Å². The predicted molar refractivity (Wildman–Crippen MR) is 110 cm³/mol. The lowest BCUT2D eigenvalue weighted by atomic mass is 10.2. The van der Waals surface area contributed by atoms with Crippen LogP contribution in [0.4, 0.5) is 0 Å². The van der Waals surface area contributed by atoms with Crippen LogP contribution in [0.1, 0.15) is 18.1 Å². The van der Waals surface area contributed by atoms with Crippen molar-refractivity contribution in [2.45, 2.75) is 24.9 Å². The molecule has 0 radical (unpaired) electrons. The molecule has 1 N–H and O–H groups in total. The van der Waals surface area contributed by atoms with Crippen molar-refractivity contribution in [3.05, 3.63) is 64.1 Å². The van der Waals surface area contributed by atoms with E-state index in [4.69, 9.17) is 0 Å². The van der Waals surface area contributed by atoms with E-state index in [1.807, 2.05) is 32.2 Å². The van der Waals surface area contributed by atoms with Gasteiger partial charge in [0, 0.05) is 30.9 Å². The van der Waals surface area contributed by atoms with Gasteiger partial charge in [-0.05, 0) is 36.2 Å². The maximum absolute atomic E-state index is 11.5. The van der Waals surface area contributed by atoms with Gasteiger partial charge in [0.2, 0.25) is 0 Å². The van der Waals surface area contributed by atoms with Gasteiger partial charge in [-0.15, -0.1) is 0 Å². The molecule has 0 bridgehead atoms. The third kappa shape index (κ3) is 5.85. The first kappa shape index (κ1) is 20.5. The van der Waals surface area contributed by atoms with Crippen molar-refractivity contribution in [3.8, 4) is 0 Å². The van der Waals surface area contributed by atoms with Crippen molar-refractivity contribution in [1.29, 1.82) is 0 Å². The molecule has 0 aliphatic rings. The first-order valence-corrected chi connectivity index (χ1v) is 11.0. The summed E-state index contributed by atoms with van der Waals surface area (Å²) in [4.78, 5) is 7.05. The summed E-state index contributed by atoms with van der Waals surface area (Å²) in [5, 5.41) is 3.29. The Morgan fingerprint density at radius 1 is 1.15 bits per heavy atom. The van der Waals surface area contributed by atoms with Gasteiger partial charge in [-0.1, -0.05) is 46.3 Å². The molecule has 0 aromatic heterocycles.